The smallest absolute Gasteiger partial charge is 0.165 e. The summed E-state index contributed by atoms with van der Waals surface area (Å²) in [5.41, 5.74) is 2.06. The highest BCUT2D eigenvalue weighted by atomic mass is 79.9. The zero-order valence-corrected chi connectivity index (χ0v) is 11.5. The summed E-state index contributed by atoms with van der Waals surface area (Å²) in [4.78, 5) is 11.8. The van der Waals surface area contributed by atoms with Gasteiger partial charge >= 0.3 is 0 Å². The summed E-state index contributed by atoms with van der Waals surface area (Å²) in [6.45, 7) is 6.32. The first-order valence-electron chi connectivity index (χ1n) is 5.50. The lowest BCUT2D eigenvalue weighted by Crippen LogP contribution is -2.15. The third kappa shape index (κ3) is 3.16. The van der Waals surface area contributed by atoms with Crippen LogP contribution in [0, 0.1) is 6.92 Å². The van der Waals surface area contributed by atoms with Crippen LogP contribution in [-0.4, -0.2) is 12.4 Å². The number of benzene rings is 1. The van der Waals surface area contributed by atoms with E-state index in [0.717, 1.165) is 15.6 Å². The molecule has 88 valence electrons. The van der Waals surface area contributed by atoms with E-state index in [2.05, 4.69) is 15.9 Å². The van der Waals surface area contributed by atoms with Gasteiger partial charge in [0.15, 0.2) is 5.78 Å². The van der Waals surface area contributed by atoms with Gasteiger partial charge in [0.1, 0.15) is 6.10 Å². The molecule has 0 aromatic heterocycles. The minimum Gasteiger partial charge on any atom is -0.366 e. The van der Waals surface area contributed by atoms with Gasteiger partial charge in [-0.1, -0.05) is 35.0 Å². The Kier molecular flexibility index (Phi) is 5.16. The molecule has 0 N–H and O–H groups in total. The monoisotopic (exact) mass is 284 g/mol. The Hall–Kier alpha value is -0.670. The van der Waals surface area contributed by atoms with E-state index in [1.807, 2.05) is 39.0 Å². The van der Waals surface area contributed by atoms with Crippen molar-refractivity contribution in [2.24, 2.45) is 0 Å². The van der Waals surface area contributed by atoms with Crippen LogP contribution in [-0.2, 0) is 9.53 Å². The van der Waals surface area contributed by atoms with Crippen LogP contribution in [0.1, 0.15) is 37.5 Å². The van der Waals surface area contributed by atoms with Crippen molar-refractivity contribution in [3.63, 3.8) is 0 Å². The summed E-state index contributed by atoms with van der Waals surface area (Å²) in [6, 6.07) is 5.89. The van der Waals surface area contributed by atoms with E-state index in [9.17, 15) is 4.79 Å². The summed E-state index contributed by atoms with van der Waals surface area (Å²) in [7, 11) is 0. The summed E-state index contributed by atoms with van der Waals surface area (Å²) >= 11 is 3.45. The number of ether oxygens (including phenoxy) is 1. The van der Waals surface area contributed by atoms with Crippen molar-refractivity contribution in [2.45, 2.75) is 33.3 Å². The topological polar surface area (TPSA) is 26.3 Å². The molecule has 0 aliphatic carbocycles. The van der Waals surface area contributed by atoms with Crippen molar-refractivity contribution in [2.75, 3.05) is 6.61 Å². The van der Waals surface area contributed by atoms with Gasteiger partial charge in [0, 0.05) is 17.5 Å². The molecule has 1 atom stereocenters. The van der Waals surface area contributed by atoms with E-state index >= 15 is 0 Å². The minimum absolute atomic E-state index is 0.128. The highest BCUT2D eigenvalue weighted by Crippen LogP contribution is 2.24. The molecule has 1 aromatic rings. The van der Waals surface area contributed by atoms with Crippen LogP contribution in [0.2, 0.25) is 0 Å². The van der Waals surface area contributed by atoms with Crippen LogP contribution in [0.5, 0.6) is 0 Å². The molecular formula is C13H17BrO2. The van der Waals surface area contributed by atoms with Crippen molar-refractivity contribution >= 4 is 21.7 Å². The standard InChI is InChI=1S/C13H17BrO2/c1-4-12(15)13(16-5-2)10-6-7-11(14)9(3)8-10/h6-8,13H,4-5H2,1-3H3. The van der Waals surface area contributed by atoms with Gasteiger partial charge in [-0.05, 0) is 31.0 Å². The van der Waals surface area contributed by atoms with Crippen LogP contribution in [0.15, 0.2) is 22.7 Å². The van der Waals surface area contributed by atoms with Gasteiger partial charge in [-0.25, -0.2) is 0 Å². The Labute approximate surface area is 105 Å². The highest BCUT2D eigenvalue weighted by molar-refractivity contribution is 9.10. The van der Waals surface area contributed by atoms with E-state index in [-0.39, 0.29) is 5.78 Å². The number of Topliss-reactive ketones (excluding diaryl/α,β-unsaturated/α-hetero) is 1. The number of aryl methyl sites for hydroxylation is 1. The van der Waals surface area contributed by atoms with Gasteiger partial charge < -0.3 is 4.74 Å². The SMILES string of the molecule is CCOC(C(=O)CC)c1ccc(Br)c(C)c1. The minimum atomic E-state index is -0.415. The molecule has 0 radical (unpaired) electrons. The Morgan fingerprint density at radius 3 is 2.62 bits per heavy atom. The maximum Gasteiger partial charge on any atom is 0.165 e. The fourth-order valence-corrected chi connectivity index (χ4v) is 1.80. The Morgan fingerprint density at radius 1 is 1.44 bits per heavy atom. The second-order valence-corrected chi connectivity index (χ2v) is 4.52. The lowest BCUT2D eigenvalue weighted by molar-refractivity contribution is -0.130. The summed E-state index contributed by atoms with van der Waals surface area (Å²) in [5, 5.41) is 0. The molecule has 0 spiro atoms. The fraction of sp³-hybridized carbons (Fsp3) is 0.462. The molecule has 0 heterocycles. The van der Waals surface area contributed by atoms with Crippen molar-refractivity contribution in [3.05, 3.63) is 33.8 Å². The molecule has 2 nitrogen and oxygen atoms in total. The van der Waals surface area contributed by atoms with E-state index in [0.29, 0.717) is 13.0 Å². The number of carbonyl (C=O) groups is 1. The number of ketones is 1. The Morgan fingerprint density at radius 2 is 2.12 bits per heavy atom. The van der Waals surface area contributed by atoms with Gasteiger partial charge in [0.2, 0.25) is 0 Å². The van der Waals surface area contributed by atoms with E-state index in [1.54, 1.807) is 0 Å². The van der Waals surface area contributed by atoms with Gasteiger partial charge in [-0.2, -0.15) is 0 Å². The van der Waals surface area contributed by atoms with E-state index in [4.69, 9.17) is 4.74 Å². The molecular weight excluding hydrogens is 268 g/mol. The largest absolute Gasteiger partial charge is 0.366 e. The molecule has 16 heavy (non-hydrogen) atoms. The average molecular weight is 285 g/mol. The van der Waals surface area contributed by atoms with Crippen molar-refractivity contribution < 1.29 is 9.53 Å². The molecule has 0 saturated carbocycles. The number of halogens is 1. The predicted molar refractivity (Wildman–Crippen MR) is 68.5 cm³/mol. The first-order chi connectivity index (χ1) is 7.60. The van der Waals surface area contributed by atoms with E-state index < -0.39 is 6.10 Å². The number of hydrogen-bond donors (Lipinski definition) is 0. The summed E-state index contributed by atoms with van der Waals surface area (Å²) in [6.07, 6.45) is 0.0848. The Bertz CT molecular complexity index is 374. The second kappa shape index (κ2) is 6.16. The molecule has 0 fully saturated rings. The molecule has 0 aliphatic rings. The van der Waals surface area contributed by atoms with Crippen LogP contribution in [0.25, 0.3) is 0 Å². The molecule has 0 bridgehead atoms. The number of hydrogen-bond acceptors (Lipinski definition) is 2. The van der Waals surface area contributed by atoms with Gasteiger partial charge in [0.05, 0.1) is 0 Å². The lowest BCUT2D eigenvalue weighted by atomic mass is 10.0. The molecule has 1 unspecified atom stereocenters. The van der Waals surface area contributed by atoms with Gasteiger partial charge in [-0.15, -0.1) is 0 Å². The highest BCUT2D eigenvalue weighted by Gasteiger charge is 2.19. The van der Waals surface area contributed by atoms with Crippen LogP contribution in [0.4, 0.5) is 0 Å². The third-order valence-electron chi connectivity index (χ3n) is 2.46. The van der Waals surface area contributed by atoms with Gasteiger partial charge in [-0.3, -0.25) is 4.79 Å². The van der Waals surface area contributed by atoms with Crippen molar-refractivity contribution in [1.29, 1.82) is 0 Å². The first kappa shape index (κ1) is 13.4. The fourth-order valence-electron chi connectivity index (χ4n) is 1.56. The van der Waals surface area contributed by atoms with Crippen LogP contribution in [0.3, 0.4) is 0 Å². The molecule has 1 rings (SSSR count). The van der Waals surface area contributed by atoms with Crippen molar-refractivity contribution in [1.82, 2.24) is 0 Å². The predicted octanol–water partition coefficient (Wildman–Crippen LogP) is 3.81. The average Bonchev–Trinajstić information content (AvgIpc) is 2.29. The third-order valence-corrected chi connectivity index (χ3v) is 3.35. The number of carbonyl (C=O) groups excluding carboxylic acids is 1. The number of rotatable bonds is 5. The zero-order chi connectivity index (χ0) is 12.1. The molecule has 3 heteroatoms. The second-order valence-electron chi connectivity index (χ2n) is 3.66. The molecule has 0 saturated heterocycles. The maximum atomic E-state index is 11.8. The summed E-state index contributed by atoms with van der Waals surface area (Å²) in [5.74, 6) is 0.128. The first-order valence-corrected chi connectivity index (χ1v) is 6.29. The lowest BCUT2D eigenvalue weighted by Gasteiger charge is -2.16. The zero-order valence-electron chi connectivity index (χ0n) is 9.92. The van der Waals surface area contributed by atoms with Crippen molar-refractivity contribution in [3.8, 4) is 0 Å². The molecule has 0 amide bonds. The van der Waals surface area contributed by atoms with E-state index in [1.165, 1.54) is 0 Å². The molecule has 0 aliphatic heterocycles. The quantitative estimate of drug-likeness (QED) is 0.822. The van der Waals surface area contributed by atoms with Gasteiger partial charge in [0.25, 0.3) is 0 Å². The maximum absolute atomic E-state index is 11.8. The van der Waals surface area contributed by atoms with Crippen LogP contribution >= 0.6 is 15.9 Å². The normalized spacial score (nSPS) is 12.5. The Balaban J connectivity index is 3.01. The molecule has 1 aromatic carbocycles. The van der Waals surface area contributed by atoms with Crippen LogP contribution < -0.4 is 0 Å². The summed E-state index contributed by atoms with van der Waals surface area (Å²) < 4.78 is 6.56.